The Morgan fingerprint density at radius 1 is 0.967 bits per heavy atom. The molecule has 2 N–H and O–H groups in total. The van der Waals surface area contributed by atoms with E-state index in [0.717, 1.165) is 5.56 Å². The normalized spacial score (nSPS) is 11.5. The molecule has 2 amide bonds. The Hall–Kier alpha value is -3.67. The predicted octanol–water partition coefficient (Wildman–Crippen LogP) is 3.63. The van der Waals surface area contributed by atoms with Gasteiger partial charge in [-0.05, 0) is 41.0 Å². The van der Waals surface area contributed by atoms with Crippen LogP contribution in [-0.2, 0) is 22.6 Å². The number of carbonyl (C=O) groups excluding carboxylic acids is 2. The van der Waals surface area contributed by atoms with E-state index < -0.39 is 11.9 Å². The summed E-state index contributed by atoms with van der Waals surface area (Å²) >= 11 is 0. The SMILES string of the molecule is COc1cccc(CN(C(=O)Cc2ccc(F)cc2)[C@@H](C(N)=O)c2ccccc2)c1. The second-order valence-electron chi connectivity index (χ2n) is 6.89. The lowest BCUT2D eigenvalue weighted by atomic mass is 10.0. The van der Waals surface area contributed by atoms with Crippen LogP contribution < -0.4 is 10.5 Å². The van der Waals surface area contributed by atoms with E-state index in [0.29, 0.717) is 16.9 Å². The second kappa shape index (κ2) is 9.69. The highest BCUT2D eigenvalue weighted by atomic mass is 19.1. The largest absolute Gasteiger partial charge is 0.497 e. The fraction of sp³-hybridized carbons (Fsp3) is 0.167. The first-order valence-corrected chi connectivity index (χ1v) is 9.49. The average Bonchev–Trinajstić information content (AvgIpc) is 2.75. The van der Waals surface area contributed by atoms with Gasteiger partial charge in [0.05, 0.1) is 13.5 Å². The number of nitrogens with zero attached hydrogens (tertiary/aromatic N) is 1. The minimum Gasteiger partial charge on any atom is -0.497 e. The second-order valence-corrected chi connectivity index (χ2v) is 6.89. The minimum absolute atomic E-state index is 0.0147. The maximum Gasteiger partial charge on any atom is 0.244 e. The third-order valence-electron chi connectivity index (χ3n) is 4.77. The fourth-order valence-corrected chi connectivity index (χ4v) is 3.30. The Balaban J connectivity index is 1.96. The molecule has 0 saturated carbocycles. The van der Waals surface area contributed by atoms with E-state index in [4.69, 9.17) is 10.5 Å². The summed E-state index contributed by atoms with van der Waals surface area (Å²) in [6, 6.07) is 21.0. The molecule has 0 aliphatic carbocycles. The molecule has 3 rings (SSSR count). The Bertz CT molecular complexity index is 1010. The zero-order valence-electron chi connectivity index (χ0n) is 16.6. The molecule has 5 nitrogen and oxygen atoms in total. The topological polar surface area (TPSA) is 72.6 Å². The van der Waals surface area contributed by atoms with E-state index in [1.165, 1.54) is 17.0 Å². The number of hydrogen-bond donors (Lipinski definition) is 1. The van der Waals surface area contributed by atoms with Crippen LogP contribution in [0.25, 0.3) is 0 Å². The maximum absolute atomic E-state index is 13.3. The maximum atomic E-state index is 13.3. The quantitative estimate of drug-likeness (QED) is 0.621. The van der Waals surface area contributed by atoms with Crippen LogP contribution in [0.2, 0.25) is 0 Å². The average molecular weight is 406 g/mol. The van der Waals surface area contributed by atoms with Crippen molar-refractivity contribution in [1.29, 1.82) is 0 Å². The first kappa shape index (κ1) is 21.0. The fourth-order valence-electron chi connectivity index (χ4n) is 3.30. The molecule has 0 bridgehead atoms. The zero-order chi connectivity index (χ0) is 21.5. The molecule has 0 aliphatic rings. The van der Waals surface area contributed by atoms with Gasteiger partial charge in [-0.15, -0.1) is 0 Å². The molecule has 0 spiro atoms. The number of amides is 2. The standard InChI is InChI=1S/C24H23FN2O3/c1-30-21-9-5-6-18(14-21)16-27(22(28)15-17-10-12-20(25)13-11-17)23(24(26)29)19-7-3-2-4-8-19/h2-14,23H,15-16H2,1H3,(H2,26,29)/t23-/m1/s1. The molecule has 0 aromatic heterocycles. The molecule has 154 valence electrons. The van der Waals surface area contributed by atoms with Gasteiger partial charge < -0.3 is 15.4 Å². The van der Waals surface area contributed by atoms with Crippen LogP contribution in [0, 0.1) is 5.82 Å². The summed E-state index contributed by atoms with van der Waals surface area (Å²) in [5.74, 6) is -0.652. The van der Waals surface area contributed by atoms with Crippen molar-refractivity contribution >= 4 is 11.8 Å². The van der Waals surface area contributed by atoms with E-state index in [-0.39, 0.29) is 24.7 Å². The van der Waals surface area contributed by atoms with Crippen molar-refractivity contribution in [3.05, 3.63) is 101 Å². The Morgan fingerprint density at radius 2 is 1.67 bits per heavy atom. The number of benzene rings is 3. The molecule has 6 heteroatoms. The molecule has 3 aromatic rings. The van der Waals surface area contributed by atoms with Crippen molar-refractivity contribution in [2.75, 3.05) is 7.11 Å². The lowest BCUT2D eigenvalue weighted by molar-refractivity contribution is -0.139. The highest BCUT2D eigenvalue weighted by molar-refractivity contribution is 5.88. The number of halogens is 1. The van der Waals surface area contributed by atoms with Crippen molar-refractivity contribution in [2.24, 2.45) is 5.73 Å². The molecule has 0 saturated heterocycles. The van der Waals surface area contributed by atoms with Crippen molar-refractivity contribution in [3.8, 4) is 5.75 Å². The van der Waals surface area contributed by atoms with E-state index >= 15 is 0 Å². The Kier molecular flexibility index (Phi) is 6.80. The third kappa shape index (κ3) is 5.23. The van der Waals surface area contributed by atoms with Gasteiger partial charge in [-0.1, -0.05) is 54.6 Å². The number of methoxy groups -OCH3 is 1. The van der Waals surface area contributed by atoms with Gasteiger partial charge in [0, 0.05) is 6.54 Å². The number of rotatable bonds is 8. The third-order valence-corrected chi connectivity index (χ3v) is 4.77. The molecular weight excluding hydrogens is 383 g/mol. The van der Waals surface area contributed by atoms with Gasteiger partial charge in [0.25, 0.3) is 0 Å². The molecule has 0 unspecified atom stereocenters. The summed E-state index contributed by atoms with van der Waals surface area (Å²) in [6.45, 7) is 0.166. The van der Waals surface area contributed by atoms with E-state index in [9.17, 15) is 14.0 Å². The molecule has 0 fully saturated rings. The van der Waals surface area contributed by atoms with Gasteiger partial charge in [0.15, 0.2) is 0 Å². The molecular formula is C24H23FN2O3. The van der Waals surface area contributed by atoms with E-state index in [2.05, 4.69) is 0 Å². The highest BCUT2D eigenvalue weighted by Crippen LogP contribution is 2.25. The van der Waals surface area contributed by atoms with Gasteiger partial charge in [-0.25, -0.2) is 4.39 Å². The van der Waals surface area contributed by atoms with Crippen LogP contribution >= 0.6 is 0 Å². The smallest absolute Gasteiger partial charge is 0.244 e. The van der Waals surface area contributed by atoms with Crippen LogP contribution in [0.15, 0.2) is 78.9 Å². The van der Waals surface area contributed by atoms with Gasteiger partial charge in [0.1, 0.15) is 17.6 Å². The minimum atomic E-state index is -0.939. The summed E-state index contributed by atoms with van der Waals surface area (Å²) in [4.78, 5) is 27.1. The number of carbonyl (C=O) groups is 2. The van der Waals surface area contributed by atoms with Gasteiger partial charge in [-0.3, -0.25) is 9.59 Å². The molecule has 0 aliphatic heterocycles. The molecule has 1 atom stereocenters. The lowest BCUT2D eigenvalue weighted by Crippen LogP contribution is -2.42. The van der Waals surface area contributed by atoms with Crippen LogP contribution in [0.5, 0.6) is 5.75 Å². The summed E-state index contributed by atoms with van der Waals surface area (Å²) in [7, 11) is 1.56. The number of nitrogens with two attached hydrogens (primary N) is 1. The van der Waals surface area contributed by atoms with Gasteiger partial charge in [-0.2, -0.15) is 0 Å². The summed E-state index contributed by atoms with van der Waals surface area (Å²) < 4.78 is 18.5. The molecule has 0 heterocycles. The highest BCUT2D eigenvalue weighted by Gasteiger charge is 2.30. The van der Waals surface area contributed by atoms with Crippen molar-refractivity contribution in [2.45, 2.75) is 19.0 Å². The predicted molar refractivity (Wildman–Crippen MR) is 112 cm³/mol. The first-order valence-electron chi connectivity index (χ1n) is 9.49. The lowest BCUT2D eigenvalue weighted by Gasteiger charge is -2.30. The summed E-state index contributed by atoms with van der Waals surface area (Å²) in [5, 5.41) is 0. The number of hydrogen-bond acceptors (Lipinski definition) is 3. The van der Waals surface area contributed by atoms with Crippen LogP contribution in [0.1, 0.15) is 22.7 Å². The van der Waals surface area contributed by atoms with Crippen molar-refractivity contribution in [1.82, 2.24) is 4.90 Å². The Morgan fingerprint density at radius 3 is 2.30 bits per heavy atom. The summed E-state index contributed by atoms with van der Waals surface area (Å²) in [5.41, 5.74) is 7.79. The number of ether oxygens (including phenoxy) is 1. The molecule has 0 radical (unpaired) electrons. The Labute approximate surface area is 174 Å². The van der Waals surface area contributed by atoms with E-state index in [1.54, 1.807) is 55.6 Å². The van der Waals surface area contributed by atoms with Crippen molar-refractivity contribution in [3.63, 3.8) is 0 Å². The zero-order valence-corrected chi connectivity index (χ0v) is 16.6. The van der Waals surface area contributed by atoms with Crippen molar-refractivity contribution < 1.29 is 18.7 Å². The first-order chi connectivity index (χ1) is 14.5. The molecule has 3 aromatic carbocycles. The van der Waals surface area contributed by atoms with Gasteiger partial charge in [0.2, 0.25) is 11.8 Å². The van der Waals surface area contributed by atoms with E-state index in [1.807, 2.05) is 18.2 Å². The van der Waals surface area contributed by atoms with Crippen LogP contribution in [0.3, 0.4) is 0 Å². The summed E-state index contributed by atoms with van der Waals surface area (Å²) in [6.07, 6.45) is 0.0147. The van der Waals surface area contributed by atoms with Gasteiger partial charge >= 0.3 is 0 Å². The molecule has 30 heavy (non-hydrogen) atoms. The van der Waals surface area contributed by atoms with Crippen LogP contribution in [-0.4, -0.2) is 23.8 Å². The number of primary amides is 1. The monoisotopic (exact) mass is 406 g/mol. The van der Waals surface area contributed by atoms with Crippen LogP contribution in [0.4, 0.5) is 4.39 Å².